The Bertz CT molecular complexity index is 1030. The zero-order valence-electron chi connectivity index (χ0n) is 21.8. The molecule has 2 aromatic rings. The van der Waals surface area contributed by atoms with E-state index in [1.54, 1.807) is 0 Å². The van der Waals surface area contributed by atoms with Crippen LogP contribution in [0.5, 0.6) is 0 Å². The first-order valence-corrected chi connectivity index (χ1v) is 13.7. The van der Waals surface area contributed by atoms with Gasteiger partial charge >= 0.3 is 5.97 Å². The second-order valence-electron chi connectivity index (χ2n) is 11.3. The molecule has 1 spiro atoms. The lowest BCUT2D eigenvalue weighted by atomic mass is 9.77. The lowest BCUT2D eigenvalue weighted by molar-refractivity contribution is -0.168. The Morgan fingerprint density at radius 3 is 2.29 bits per heavy atom. The minimum absolute atomic E-state index is 0.213. The summed E-state index contributed by atoms with van der Waals surface area (Å²) in [5.41, 5.74) is 4.52. The summed E-state index contributed by atoms with van der Waals surface area (Å²) in [4.78, 5) is 20.8. The third-order valence-electron chi connectivity index (χ3n) is 7.48. The van der Waals surface area contributed by atoms with Crippen LogP contribution in [0.4, 0.5) is 5.69 Å². The van der Waals surface area contributed by atoms with Gasteiger partial charge in [-0.25, -0.2) is 4.79 Å². The molecular formula is C29H39BrN2O3. The van der Waals surface area contributed by atoms with Gasteiger partial charge in [0.2, 0.25) is 0 Å². The molecule has 1 saturated carbocycles. The first-order chi connectivity index (χ1) is 16.6. The Kier molecular flexibility index (Phi) is 7.92. The highest BCUT2D eigenvalue weighted by Gasteiger charge is 2.40. The van der Waals surface area contributed by atoms with Gasteiger partial charge in [0.15, 0.2) is 6.10 Å². The number of aryl methyl sites for hydroxylation is 2. The monoisotopic (exact) mass is 542 g/mol. The van der Waals surface area contributed by atoms with Crippen molar-refractivity contribution in [2.45, 2.75) is 91.5 Å². The van der Waals surface area contributed by atoms with E-state index in [9.17, 15) is 4.79 Å². The maximum absolute atomic E-state index is 13.6. The largest absolute Gasteiger partial charge is 0.459 e. The summed E-state index contributed by atoms with van der Waals surface area (Å²) < 4.78 is 13.2. The fourth-order valence-corrected chi connectivity index (χ4v) is 6.21. The molecule has 2 aliphatic rings. The van der Waals surface area contributed by atoms with Gasteiger partial charge in [-0.05, 0) is 87.2 Å². The minimum Gasteiger partial charge on any atom is -0.459 e. The van der Waals surface area contributed by atoms with Crippen molar-refractivity contribution in [1.29, 1.82) is 0 Å². The number of hydrogen-bond acceptors (Lipinski definition) is 5. The van der Waals surface area contributed by atoms with E-state index in [1.165, 1.54) is 38.5 Å². The van der Waals surface area contributed by atoms with Crippen LogP contribution in [0.15, 0.2) is 34.8 Å². The molecule has 2 fully saturated rings. The number of carbonyl (C=O) groups is 1. The second-order valence-corrected chi connectivity index (χ2v) is 12.0. The Morgan fingerprint density at radius 1 is 1.06 bits per heavy atom. The van der Waals surface area contributed by atoms with Crippen molar-refractivity contribution in [3.8, 4) is 0 Å². The van der Waals surface area contributed by atoms with Gasteiger partial charge < -0.3 is 14.4 Å². The molecule has 1 aliphatic heterocycles. The third-order valence-corrected chi connectivity index (χ3v) is 8.43. The number of benzene rings is 1. The number of aromatic nitrogens is 1. The van der Waals surface area contributed by atoms with Crippen LogP contribution in [-0.4, -0.2) is 29.6 Å². The Hall–Kier alpha value is -1.92. The van der Waals surface area contributed by atoms with Crippen molar-refractivity contribution in [1.82, 2.24) is 4.98 Å². The molecule has 5 nitrogen and oxygen atoms in total. The van der Waals surface area contributed by atoms with Crippen LogP contribution in [0.3, 0.4) is 0 Å². The third kappa shape index (κ3) is 6.08. The number of esters is 1. The molecular weight excluding hydrogens is 504 g/mol. The number of pyridine rings is 1. The number of halogens is 1. The summed E-state index contributed by atoms with van der Waals surface area (Å²) in [5.74, 6) is -0.380. The summed E-state index contributed by atoms with van der Waals surface area (Å²) >= 11 is 3.84. The van der Waals surface area contributed by atoms with E-state index in [0.29, 0.717) is 5.41 Å². The molecule has 6 heteroatoms. The highest BCUT2D eigenvalue weighted by molar-refractivity contribution is 9.10. The molecule has 0 radical (unpaired) electrons. The van der Waals surface area contributed by atoms with Crippen LogP contribution in [0.25, 0.3) is 0 Å². The number of rotatable bonds is 6. The highest BCUT2D eigenvalue weighted by Crippen LogP contribution is 2.49. The van der Waals surface area contributed by atoms with Gasteiger partial charge in [0.25, 0.3) is 0 Å². The first kappa shape index (κ1) is 26.2. The van der Waals surface area contributed by atoms with Gasteiger partial charge in [-0.2, -0.15) is 0 Å². The van der Waals surface area contributed by atoms with Crippen molar-refractivity contribution in [2.24, 2.45) is 5.41 Å². The van der Waals surface area contributed by atoms with Gasteiger partial charge in [-0.1, -0.05) is 43.2 Å². The van der Waals surface area contributed by atoms with Gasteiger partial charge in [0, 0.05) is 24.3 Å². The zero-order valence-corrected chi connectivity index (χ0v) is 23.4. The predicted octanol–water partition coefficient (Wildman–Crippen LogP) is 7.22. The van der Waals surface area contributed by atoms with E-state index in [2.05, 4.69) is 20.8 Å². The molecule has 35 heavy (non-hydrogen) atoms. The lowest BCUT2D eigenvalue weighted by Gasteiger charge is -2.42. The normalized spacial score (nSPS) is 18.6. The number of carbonyl (C=O) groups excluding carboxylic acids is 1. The minimum atomic E-state index is -0.861. The Morgan fingerprint density at radius 2 is 1.69 bits per heavy atom. The van der Waals surface area contributed by atoms with E-state index in [1.807, 2.05) is 65.0 Å². The maximum atomic E-state index is 13.6. The topological polar surface area (TPSA) is 51.7 Å². The first-order valence-electron chi connectivity index (χ1n) is 12.9. The van der Waals surface area contributed by atoms with Gasteiger partial charge in [0.05, 0.1) is 21.5 Å². The molecule has 2 heterocycles. The average molecular weight is 544 g/mol. The molecule has 0 unspecified atom stereocenters. The summed E-state index contributed by atoms with van der Waals surface area (Å²) in [7, 11) is 0. The standard InChI is InChI=1S/C29H39BrN2O3/c1-20-23(26(35-28(3,4)5)27(33)34-19-22-11-7-6-8-12-22)25(24(30)21(2)31-20)32-17-15-29(16-18-32)13-9-10-14-29/h6-8,11-12,26H,9-10,13-19H2,1-5H3/t26-/m0/s1. The number of piperidine rings is 1. The van der Waals surface area contributed by atoms with Crippen LogP contribution < -0.4 is 4.90 Å². The highest BCUT2D eigenvalue weighted by atomic mass is 79.9. The summed E-state index contributed by atoms with van der Waals surface area (Å²) in [6, 6.07) is 9.77. The molecule has 1 saturated heterocycles. The number of hydrogen-bond donors (Lipinski definition) is 0. The summed E-state index contributed by atoms with van der Waals surface area (Å²) in [6.45, 7) is 12.1. The molecule has 1 atom stereocenters. The summed E-state index contributed by atoms with van der Waals surface area (Å²) in [5, 5.41) is 0. The fraction of sp³-hybridized carbons (Fsp3) is 0.586. The van der Waals surface area contributed by atoms with Crippen LogP contribution >= 0.6 is 15.9 Å². The molecule has 1 aliphatic carbocycles. The van der Waals surface area contributed by atoms with Crippen LogP contribution in [0.2, 0.25) is 0 Å². The van der Waals surface area contributed by atoms with E-state index < -0.39 is 11.7 Å². The number of nitrogens with zero attached hydrogens (tertiary/aromatic N) is 2. The van der Waals surface area contributed by atoms with Gasteiger partial charge in [-0.3, -0.25) is 4.98 Å². The van der Waals surface area contributed by atoms with E-state index in [4.69, 9.17) is 14.5 Å². The van der Waals surface area contributed by atoms with Crippen molar-refractivity contribution in [3.05, 3.63) is 57.3 Å². The second kappa shape index (κ2) is 10.6. The van der Waals surface area contributed by atoms with E-state index >= 15 is 0 Å². The van der Waals surface area contributed by atoms with Gasteiger partial charge in [0.1, 0.15) is 6.61 Å². The maximum Gasteiger partial charge on any atom is 0.340 e. The molecule has 0 N–H and O–H groups in total. The van der Waals surface area contributed by atoms with Crippen LogP contribution in [0, 0.1) is 19.3 Å². The van der Waals surface area contributed by atoms with Crippen molar-refractivity contribution in [3.63, 3.8) is 0 Å². The molecule has 4 rings (SSSR count). The molecule has 1 aromatic carbocycles. The summed E-state index contributed by atoms with van der Waals surface area (Å²) in [6.07, 6.45) is 6.95. The van der Waals surface area contributed by atoms with Gasteiger partial charge in [-0.15, -0.1) is 0 Å². The van der Waals surface area contributed by atoms with Crippen LogP contribution in [-0.2, 0) is 20.9 Å². The number of anilines is 1. The SMILES string of the molecule is Cc1nc(C)c([C@H](OC(C)(C)C)C(=O)OCc2ccccc2)c(N2CCC3(CCCC3)CC2)c1Br. The molecule has 0 amide bonds. The lowest BCUT2D eigenvalue weighted by Crippen LogP contribution is -2.40. The smallest absolute Gasteiger partial charge is 0.340 e. The van der Waals surface area contributed by atoms with Crippen molar-refractivity contribution < 1.29 is 14.3 Å². The van der Waals surface area contributed by atoms with Crippen molar-refractivity contribution >= 4 is 27.6 Å². The average Bonchev–Trinajstić information content (AvgIpc) is 3.27. The Balaban J connectivity index is 1.68. The van der Waals surface area contributed by atoms with Crippen LogP contribution in [0.1, 0.15) is 87.9 Å². The number of ether oxygens (including phenoxy) is 2. The quantitative estimate of drug-likeness (QED) is 0.360. The van der Waals surface area contributed by atoms with Crippen molar-refractivity contribution in [2.75, 3.05) is 18.0 Å². The molecule has 190 valence electrons. The molecule has 0 bridgehead atoms. The zero-order chi connectivity index (χ0) is 25.2. The fourth-order valence-electron chi connectivity index (χ4n) is 5.66. The van der Waals surface area contributed by atoms with E-state index in [-0.39, 0.29) is 12.6 Å². The molecule has 1 aromatic heterocycles. The predicted molar refractivity (Wildman–Crippen MR) is 144 cm³/mol. The Labute approximate surface area is 218 Å². The van der Waals surface area contributed by atoms with E-state index in [0.717, 1.165) is 45.8 Å².